The van der Waals surface area contributed by atoms with Gasteiger partial charge in [0.15, 0.2) is 6.15 Å². The second kappa shape index (κ2) is 7.63. The third kappa shape index (κ3) is 3.35. The molecule has 0 saturated carbocycles. The van der Waals surface area contributed by atoms with Crippen molar-refractivity contribution < 1.29 is 0 Å². The summed E-state index contributed by atoms with van der Waals surface area (Å²) in [4.78, 5) is 14.6. The summed E-state index contributed by atoms with van der Waals surface area (Å²) in [6, 6.07) is 27.0. The fourth-order valence-corrected chi connectivity index (χ4v) is 4.39. The number of nitrogens with zero attached hydrogens (tertiary/aromatic N) is 3. The van der Waals surface area contributed by atoms with Crippen LogP contribution < -0.4 is 22.2 Å². The Morgan fingerprint density at radius 3 is 1.34 bits per heavy atom. The predicted molar refractivity (Wildman–Crippen MR) is 122 cm³/mol. The van der Waals surface area contributed by atoms with Crippen molar-refractivity contribution in [3.63, 3.8) is 0 Å². The number of hydrogen-bond acceptors (Lipinski definition) is 3. The van der Waals surface area contributed by atoms with Gasteiger partial charge in [-0.05, 0) is 23.6 Å². The topological polar surface area (TPSA) is 38.7 Å². The zero-order chi connectivity index (χ0) is 20.3. The summed E-state index contributed by atoms with van der Waals surface area (Å²) in [5.74, 6) is 0. The Hall–Kier alpha value is -3.27. The predicted octanol–water partition coefficient (Wildman–Crippen LogP) is 2.55. The minimum Gasteiger partial charge on any atom is -0.302 e. The number of hydrogen-bond donors (Lipinski definition) is 0. The Balaban J connectivity index is 2.20. The van der Waals surface area contributed by atoms with E-state index in [1.807, 2.05) is 55.0 Å². The van der Waals surface area contributed by atoms with Gasteiger partial charge in [-0.15, -0.1) is 16.8 Å². The fraction of sp³-hybridized carbons (Fsp3) is 0.160. The summed E-state index contributed by atoms with van der Waals surface area (Å²) >= 11 is 0. The molecule has 144 valence electrons. The van der Waals surface area contributed by atoms with E-state index in [1.54, 1.807) is 0 Å². The van der Waals surface area contributed by atoms with Crippen molar-refractivity contribution in [1.82, 2.24) is 15.0 Å². The maximum absolute atomic E-state index is 4.85. The molecule has 0 saturated heterocycles. The fourth-order valence-electron chi connectivity index (χ4n) is 4.39. The average molecular weight is 378 g/mol. The lowest BCUT2D eigenvalue weighted by atomic mass is 9.15. The molecule has 4 aromatic rings. The first-order chi connectivity index (χ1) is 14.0. The third-order valence-electron chi connectivity index (χ3n) is 5.63. The molecular formula is C25H25BN3-. The van der Waals surface area contributed by atoms with Crippen molar-refractivity contribution in [1.29, 1.82) is 0 Å². The van der Waals surface area contributed by atoms with Gasteiger partial charge in [0.25, 0.3) is 0 Å². The second-order valence-electron chi connectivity index (χ2n) is 8.47. The number of pyridine rings is 3. The van der Waals surface area contributed by atoms with E-state index in [-0.39, 0.29) is 5.41 Å². The summed E-state index contributed by atoms with van der Waals surface area (Å²) < 4.78 is 0. The van der Waals surface area contributed by atoms with Crippen molar-refractivity contribution >= 4 is 28.4 Å². The zero-order valence-corrected chi connectivity index (χ0v) is 17.2. The molecule has 0 unspecified atom stereocenters. The highest BCUT2D eigenvalue weighted by atomic mass is 14.7. The third-order valence-corrected chi connectivity index (χ3v) is 5.63. The van der Waals surface area contributed by atoms with Gasteiger partial charge < -0.3 is 15.0 Å². The first-order valence-corrected chi connectivity index (χ1v) is 10.0. The van der Waals surface area contributed by atoms with Gasteiger partial charge in [0.05, 0.1) is 0 Å². The standard InChI is InChI=1S/C25H25BN3/c1-25(2,3)20-12-4-5-13-21(20)26(22-14-6-9-17-27-22,23-15-7-10-18-28-23)24-16-8-11-19-29-24/h4-19H,1-3H3/q-1. The molecule has 0 amide bonds. The van der Waals surface area contributed by atoms with Crippen molar-refractivity contribution in [2.75, 3.05) is 0 Å². The van der Waals surface area contributed by atoms with Crippen LogP contribution in [0, 0.1) is 0 Å². The van der Waals surface area contributed by atoms with Gasteiger partial charge in [-0.25, -0.2) is 0 Å². The molecular weight excluding hydrogens is 353 g/mol. The van der Waals surface area contributed by atoms with Gasteiger partial charge in [0.2, 0.25) is 0 Å². The number of rotatable bonds is 4. The largest absolute Gasteiger partial charge is 0.302 e. The molecule has 0 aliphatic heterocycles. The van der Waals surface area contributed by atoms with E-state index in [2.05, 4.69) is 63.2 Å². The normalized spacial score (nSPS) is 12.0. The van der Waals surface area contributed by atoms with E-state index in [4.69, 9.17) is 15.0 Å². The van der Waals surface area contributed by atoms with Crippen LogP contribution in [0.15, 0.2) is 97.5 Å². The first-order valence-electron chi connectivity index (χ1n) is 10.0. The first kappa shape index (κ1) is 19.1. The molecule has 29 heavy (non-hydrogen) atoms. The van der Waals surface area contributed by atoms with Gasteiger partial charge in [-0.3, -0.25) is 0 Å². The number of aromatic nitrogens is 3. The summed E-state index contributed by atoms with van der Waals surface area (Å²) in [6.45, 7) is 6.76. The van der Waals surface area contributed by atoms with Crippen molar-refractivity contribution in [3.8, 4) is 0 Å². The molecule has 0 fully saturated rings. The quantitative estimate of drug-likeness (QED) is 0.513. The van der Waals surface area contributed by atoms with Crippen molar-refractivity contribution in [2.24, 2.45) is 0 Å². The van der Waals surface area contributed by atoms with E-state index in [9.17, 15) is 0 Å². The Bertz CT molecular complexity index is 978. The van der Waals surface area contributed by atoms with Crippen LogP contribution in [0.1, 0.15) is 26.3 Å². The zero-order valence-electron chi connectivity index (χ0n) is 17.2. The molecule has 4 rings (SSSR count). The molecule has 1 aromatic carbocycles. The van der Waals surface area contributed by atoms with Crippen molar-refractivity contribution in [2.45, 2.75) is 26.2 Å². The minimum atomic E-state index is -1.65. The van der Waals surface area contributed by atoms with Gasteiger partial charge in [-0.1, -0.05) is 87.0 Å². The lowest BCUT2D eigenvalue weighted by Gasteiger charge is -2.43. The highest BCUT2D eigenvalue weighted by Gasteiger charge is 2.38. The summed E-state index contributed by atoms with van der Waals surface area (Å²) in [5.41, 5.74) is 5.38. The van der Waals surface area contributed by atoms with E-state index in [1.165, 1.54) is 11.0 Å². The van der Waals surface area contributed by atoms with Crippen LogP contribution in [-0.2, 0) is 5.41 Å². The molecule has 0 radical (unpaired) electrons. The van der Waals surface area contributed by atoms with E-state index in [0.717, 1.165) is 16.8 Å². The molecule has 4 heteroatoms. The minimum absolute atomic E-state index is 0.0397. The van der Waals surface area contributed by atoms with E-state index in [0.29, 0.717) is 0 Å². The van der Waals surface area contributed by atoms with Crippen molar-refractivity contribution in [3.05, 3.63) is 103 Å². The molecule has 0 aliphatic rings. The lowest BCUT2D eigenvalue weighted by molar-refractivity contribution is 0.594. The highest BCUT2D eigenvalue weighted by molar-refractivity contribution is 7.19. The van der Waals surface area contributed by atoms with Crippen LogP contribution in [-0.4, -0.2) is 21.1 Å². The van der Waals surface area contributed by atoms with Crippen LogP contribution in [0.2, 0.25) is 0 Å². The summed E-state index contributed by atoms with van der Waals surface area (Å²) in [7, 11) is 0. The molecule has 0 atom stereocenters. The molecule has 0 aliphatic carbocycles. The van der Waals surface area contributed by atoms with Gasteiger partial charge >= 0.3 is 0 Å². The van der Waals surface area contributed by atoms with Crippen LogP contribution in [0.5, 0.6) is 0 Å². The SMILES string of the molecule is CC(C)(C)c1ccccc1[B-](c1ccccn1)(c1ccccn1)c1ccccn1. The Labute approximate surface area is 172 Å². The highest BCUT2D eigenvalue weighted by Crippen LogP contribution is 2.22. The molecule has 3 heterocycles. The van der Waals surface area contributed by atoms with Crippen LogP contribution in [0.3, 0.4) is 0 Å². The average Bonchev–Trinajstić information content (AvgIpc) is 2.76. The number of benzene rings is 1. The molecule has 3 aromatic heterocycles. The second-order valence-corrected chi connectivity index (χ2v) is 8.47. The van der Waals surface area contributed by atoms with Gasteiger partial charge in [-0.2, -0.15) is 5.46 Å². The van der Waals surface area contributed by atoms with E-state index < -0.39 is 6.15 Å². The maximum Gasteiger partial charge on any atom is 0.168 e. The molecule has 3 nitrogen and oxygen atoms in total. The Kier molecular flexibility index (Phi) is 5.02. The lowest BCUT2D eigenvalue weighted by Crippen LogP contribution is -2.77. The smallest absolute Gasteiger partial charge is 0.168 e. The molecule has 0 bridgehead atoms. The summed E-state index contributed by atoms with van der Waals surface area (Å²) in [5, 5.41) is 0. The van der Waals surface area contributed by atoms with Crippen LogP contribution in [0.4, 0.5) is 0 Å². The van der Waals surface area contributed by atoms with Gasteiger partial charge in [0.1, 0.15) is 0 Å². The molecule has 0 N–H and O–H groups in total. The molecule has 0 spiro atoms. The summed E-state index contributed by atoms with van der Waals surface area (Å²) in [6.07, 6.45) is 3.93. The Morgan fingerprint density at radius 1 is 0.552 bits per heavy atom. The van der Waals surface area contributed by atoms with E-state index >= 15 is 0 Å². The maximum atomic E-state index is 4.85. The van der Waals surface area contributed by atoms with Gasteiger partial charge in [0, 0.05) is 18.6 Å². The van der Waals surface area contributed by atoms with Crippen LogP contribution >= 0.6 is 0 Å². The van der Waals surface area contributed by atoms with Crippen LogP contribution in [0.25, 0.3) is 0 Å². The Morgan fingerprint density at radius 2 is 0.966 bits per heavy atom. The monoisotopic (exact) mass is 378 g/mol.